The second-order valence-corrected chi connectivity index (χ2v) is 7.53. The Labute approximate surface area is 176 Å². The summed E-state index contributed by atoms with van der Waals surface area (Å²) in [5.41, 5.74) is 8.16. The van der Waals surface area contributed by atoms with Gasteiger partial charge in [-0.05, 0) is 74.6 Å². The Morgan fingerprint density at radius 2 is 1.83 bits per heavy atom. The van der Waals surface area contributed by atoms with Crippen LogP contribution in [0.1, 0.15) is 54.5 Å². The van der Waals surface area contributed by atoms with Crippen LogP contribution in [0.25, 0.3) is 6.08 Å². The maximum atomic E-state index is 4.83. The largest absolute Gasteiger partial charge is 0.339 e. The molecule has 3 nitrogen and oxygen atoms in total. The first-order chi connectivity index (χ1) is 13.8. The van der Waals surface area contributed by atoms with Gasteiger partial charge >= 0.3 is 0 Å². The third kappa shape index (κ3) is 6.28. The first kappa shape index (κ1) is 22.4. The van der Waals surface area contributed by atoms with Gasteiger partial charge in [-0.15, -0.1) is 0 Å². The van der Waals surface area contributed by atoms with Gasteiger partial charge in [0.2, 0.25) is 0 Å². The predicted octanol–water partition coefficient (Wildman–Crippen LogP) is 6.86. The molecule has 0 bridgehead atoms. The summed E-state index contributed by atoms with van der Waals surface area (Å²) in [6, 6.07) is 12.9. The van der Waals surface area contributed by atoms with Gasteiger partial charge in [-0.1, -0.05) is 49.9 Å². The van der Waals surface area contributed by atoms with Crippen molar-refractivity contribution in [1.82, 2.24) is 0 Å². The molecule has 0 aromatic heterocycles. The number of aliphatic imine (C=N–C) groups is 2. The van der Waals surface area contributed by atoms with Crippen LogP contribution < -0.4 is 5.32 Å². The fourth-order valence-electron chi connectivity index (χ4n) is 3.01. The van der Waals surface area contributed by atoms with E-state index in [-0.39, 0.29) is 0 Å². The number of hydrogen-bond donors (Lipinski definition) is 1. The molecule has 0 fully saturated rings. The van der Waals surface area contributed by atoms with Crippen LogP contribution in [0.2, 0.25) is 0 Å². The molecule has 0 radical (unpaired) electrons. The average molecular weight is 388 g/mol. The van der Waals surface area contributed by atoms with Crippen molar-refractivity contribution < 1.29 is 0 Å². The van der Waals surface area contributed by atoms with Gasteiger partial charge in [-0.3, -0.25) is 4.99 Å². The highest BCUT2D eigenvalue weighted by Crippen LogP contribution is 2.20. The normalized spacial score (nSPS) is 13.6. The summed E-state index contributed by atoms with van der Waals surface area (Å²) < 4.78 is 0. The number of allylic oxidation sites excluding steroid dienone is 1. The molecule has 2 aromatic carbocycles. The summed E-state index contributed by atoms with van der Waals surface area (Å²) in [4.78, 5) is 9.39. The summed E-state index contributed by atoms with van der Waals surface area (Å²) in [6.07, 6.45) is 5.58. The van der Waals surface area contributed by atoms with E-state index < -0.39 is 0 Å². The van der Waals surface area contributed by atoms with Crippen LogP contribution in [0.4, 0.5) is 5.69 Å². The van der Waals surface area contributed by atoms with Crippen molar-refractivity contribution in [3.05, 3.63) is 83.1 Å². The van der Waals surface area contributed by atoms with Gasteiger partial charge in [0.05, 0.1) is 5.71 Å². The van der Waals surface area contributed by atoms with E-state index in [0.29, 0.717) is 5.92 Å². The summed E-state index contributed by atoms with van der Waals surface area (Å²) in [6.45, 7) is 17.1. The Bertz CT molecular complexity index is 948. The zero-order valence-corrected chi connectivity index (χ0v) is 18.6. The van der Waals surface area contributed by atoms with E-state index in [4.69, 9.17) is 4.99 Å². The maximum Gasteiger partial charge on any atom is 0.151 e. The minimum Gasteiger partial charge on any atom is -0.339 e. The highest BCUT2D eigenvalue weighted by Gasteiger charge is 2.09. The molecule has 29 heavy (non-hydrogen) atoms. The van der Waals surface area contributed by atoms with Crippen molar-refractivity contribution in [2.45, 2.75) is 47.5 Å². The third-order valence-electron chi connectivity index (χ3n) is 5.15. The Kier molecular flexibility index (Phi) is 8.14. The molecule has 1 unspecified atom stereocenters. The van der Waals surface area contributed by atoms with Gasteiger partial charge in [-0.25, -0.2) is 4.99 Å². The number of nitrogens with one attached hydrogen (secondary N) is 1. The molecule has 0 saturated heterocycles. The van der Waals surface area contributed by atoms with Crippen molar-refractivity contribution >= 4 is 23.3 Å². The molecule has 0 aliphatic heterocycles. The number of nitrogens with zero attached hydrogens (tertiary/aromatic N) is 2. The fraction of sp³-hybridized carbons (Fsp3) is 0.308. The van der Waals surface area contributed by atoms with Crippen LogP contribution >= 0.6 is 0 Å². The topological polar surface area (TPSA) is 36.8 Å². The van der Waals surface area contributed by atoms with Crippen molar-refractivity contribution in [2.75, 3.05) is 11.9 Å². The van der Waals surface area contributed by atoms with Crippen molar-refractivity contribution in [2.24, 2.45) is 9.98 Å². The average Bonchev–Trinajstić information content (AvgIpc) is 2.71. The molecule has 0 spiro atoms. The molecule has 0 heterocycles. The van der Waals surface area contributed by atoms with E-state index in [1.165, 1.54) is 22.3 Å². The molecular weight excluding hydrogens is 354 g/mol. The van der Waals surface area contributed by atoms with Crippen LogP contribution in [-0.4, -0.2) is 18.1 Å². The number of benzene rings is 2. The molecule has 0 amide bonds. The van der Waals surface area contributed by atoms with E-state index in [9.17, 15) is 0 Å². The Morgan fingerprint density at radius 1 is 1.07 bits per heavy atom. The van der Waals surface area contributed by atoms with Crippen LogP contribution in [0, 0.1) is 20.8 Å². The van der Waals surface area contributed by atoms with Crippen molar-refractivity contribution in [3.63, 3.8) is 0 Å². The number of hydrogen-bond acceptors (Lipinski definition) is 2. The van der Waals surface area contributed by atoms with Crippen LogP contribution in [0.15, 0.2) is 65.2 Å². The second-order valence-electron chi connectivity index (χ2n) is 7.53. The van der Waals surface area contributed by atoms with Gasteiger partial charge in [0, 0.05) is 24.4 Å². The van der Waals surface area contributed by atoms with Gasteiger partial charge < -0.3 is 5.32 Å². The molecule has 152 valence electrons. The lowest BCUT2D eigenvalue weighted by molar-refractivity contribution is 0.774. The summed E-state index contributed by atoms with van der Waals surface area (Å²) in [5, 5.41) is 3.42. The van der Waals surface area contributed by atoms with Crippen LogP contribution in [-0.2, 0) is 0 Å². The molecule has 2 rings (SSSR count). The van der Waals surface area contributed by atoms with E-state index in [2.05, 4.69) is 74.9 Å². The van der Waals surface area contributed by atoms with Crippen molar-refractivity contribution in [1.29, 1.82) is 0 Å². The smallest absolute Gasteiger partial charge is 0.151 e. The highest BCUT2D eigenvalue weighted by molar-refractivity contribution is 6.44. The minimum atomic E-state index is 0.348. The molecular formula is C26H33N3. The highest BCUT2D eigenvalue weighted by atomic mass is 15.0. The molecule has 3 heteroatoms. The third-order valence-corrected chi connectivity index (χ3v) is 5.15. The molecule has 2 aromatic rings. The molecule has 0 aliphatic carbocycles. The quantitative estimate of drug-likeness (QED) is 0.409. The lowest BCUT2D eigenvalue weighted by Crippen LogP contribution is -2.21. The van der Waals surface area contributed by atoms with Gasteiger partial charge in [0.15, 0.2) is 5.84 Å². The SMILES string of the molecule is C=Cc1ccc(NC(=N/C=C\C)C(C)=NCC(C)c2ccc(C)c(C)c2)cc1C. The standard InChI is InChI=1S/C26H33N3/c1-8-14-27-26(29-25-13-12-23(9-2)20(5)16-25)22(7)28-17-21(6)24-11-10-18(3)19(4)15-24/h8-16,21H,2,17H2,1,3-7H3,(H,27,29)/b14-8-,28-22?. The molecule has 0 aliphatic rings. The van der Waals surface area contributed by atoms with E-state index in [1.54, 1.807) is 6.20 Å². The predicted molar refractivity (Wildman–Crippen MR) is 129 cm³/mol. The summed E-state index contributed by atoms with van der Waals surface area (Å²) in [7, 11) is 0. The van der Waals surface area contributed by atoms with E-state index in [0.717, 1.165) is 29.3 Å². The van der Waals surface area contributed by atoms with Crippen LogP contribution in [0.3, 0.4) is 0 Å². The number of rotatable bonds is 7. The number of amidine groups is 1. The second kappa shape index (κ2) is 10.6. The lowest BCUT2D eigenvalue weighted by Gasteiger charge is -2.14. The Balaban J connectivity index is 2.19. The van der Waals surface area contributed by atoms with Gasteiger partial charge in [-0.2, -0.15) is 0 Å². The van der Waals surface area contributed by atoms with Crippen LogP contribution in [0.5, 0.6) is 0 Å². The molecule has 0 saturated carbocycles. The monoisotopic (exact) mass is 387 g/mol. The molecule has 1 N–H and O–H groups in total. The van der Waals surface area contributed by atoms with Crippen molar-refractivity contribution in [3.8, 4) is 0 Å². The lowest BCUT2D eigenvalue weighted by atomic mass is 9.97. The zero-order valence-electron chi connectivity index (χ0n) is 18.6. The van der Waals surface area contributed by atoms with Gasteiger partial charge in [0.25, 0.3) is 0 Å². The first-order valence-corrected chi connectivity index (χ1v) is 10.1. The zero-order chi connectivity index (χ0) is 21.4. The Hall–Kier alpha value is -2.94. The fourth-order valence-corrected chi connectivity index (χ4v) is 3.01. The van der Waals surface area contributed by atoms with Gasteiger partial charge in [0.1, 0.15) is 0 Å². The maximum absolute atomic E-state index is 4.83. The minimum absolute atomic E-state index is 0.348. The Morgan fingerprint density at radius 3 is 2.45 bits per heavy atom. The number of anilines is 1. The number of aryl methyl sites for hydroxylation is 3. The van der Waals surface area contributed by atoms with E-state index >= 15 is 0 Å². The summed E-state index contributed by atoms with van der Waals surface area (Å²) >= 11 is 0. The summed E-state index contributed by atoms with van der Waals surface area (Å²) in [5.74, 6) is 1.11. The van der Waals surface area contributed by atoms with E-state index in [1.807, 2.05) is 32.1 Å². The molecule has 1 atom stereocenters. The first-order valence-electron chi connectivity index (χ1n) is 10.1.